The minimum atomic E-state index is -0.420. The van der Waals surface area contributed by atoms with Gasteiger partial charge in [0.2, 0.25) is 0 Å². The van der Waals surface area contributed by atoms with Crippen molar-refractivity contribution < 1.29 is 19.1 Å². The maximum Gasteiger partial charge on any atom is 0.311 e. The van der Waals surface area contributed by atoms with Crippen LogP contribution in [0.4, 0.5) is 0 Å². The Balaban J connectivity index is 2.32. The van der Waals surface area contributed by atoms with E-state index in [0.29, 0.717) is 11.5 Å². The van der Waals surface area contributed by atoms with Crippen molar-refractivity contribution in [1.29, 1.82) is 0 Å². The molecule has 0 aromatic heterocycles. The van der Waals surface area contributed by atoms with Crippen LogP contribution >= 0.6 is 0 Å². The van der Waals surface area contributed by atoms with Gasteiger partial charge in [-0.05, 0) is 24.3 Å². The molecule has 4 heteroatoms. The average Bonchev–Trinajstić information content (AvgIpc) is 2.18. The van der Waals surface area contributed by atoms with Crippen LogP contribution in [0, 0.1) is 0 Å². The molecule has 4 nitrogen and oxygen atoms in total. The number of fused-ring (bicyclic) bond motifs is 7. The number of rotatable bonds is 0. The van der Waals surface area contributed by atoms with Crippen molar-refractivity contribution in [3.63, 3.8) is 0 Å². The third-order valence-electron chi connectivity index (χ3n) is 1.82. The average molecular weight is 192 g/mol. The predicted octanol–water partition coefficient (Wildman–Crippen LogP) is 1.29. The standard InChI is InChI=1S/C10H8O4/c11-9-5-6-10(12)14-8-2-1-7(13-9)3-4-8/h1-4H,5-6H2. The van der Waals surface area contributed by atoms with Gasteiger partial charge in [0, 0.05) is 0 Å². The van der Waals surface area contributed by atoms with Gasteiger partial charge in [0.05, 0.1) is 12.8 Å². The zero-order valence-electron chi connectivity index (χ0n) is 7.36. The van der Waals surface area contributed by atoms with Crippen molar-refractivity contribution in [2.75, 3.05) is 0 Å². The third-order valence-corrected chi connectivity index (χ3v) is 1.82. The fraction of sp³-hybridized carbons (Fsp3) is 0.200. The second-order valence-corrected chi connectivity index (χ2v) is 2.92. The van der Waals surface area contributed by atoms with Gasteiger partial charge in [-0.1, -0.05) is 0 Å². The Labute approximate surface area is 80.4 Å². The predicted molar refractivity (Wildman–Crippen MR) is 46.9 cm³/mol. The summed E-state index contributed by atoms with van der Waals surface area (Å²) >= 11 is 0. The molecule has 0 unspecified atom stereocenters. The highest BCUT2D eigenvalue weighted by atomic mass is 16.5. The molecule has 2 bridgehead atoms. The van der Waals surface area contributed by atoms with Crippen molar-refractivity contribution in [2.45, 2.75) is 12.8 Å². The first-order valence-corrected chi connectivity index (χ1v) is 4.25. The topological polar surface area (TPSA) is 52.6 Å². The van der Waals surface area contributed by atoms with Gasteiger partial charge in [0.15, 0.2) is 0 Å². The van der Waals surface area contributed by atoms with Gasteiger partial charge in [0.25, 0.3) is 0 Å². The highest BCUT2D eigenvalue weighted by Crippen LogP contribution is 2.20. The second-order valence-electron chi connectivity index (χ2n) is 2.92. The fourth-order valence-electron chi connectivity index (χ4n) is 1.14. The summed E-state index contributed by atoms with van der Waals surface area (Å²) in [6.45, 7) is 0. The number of esters is 2. The van der Waals surface area contributed by atoms with Crippen molar-refractivity contribution in [2.24, 2.45) is 0 Å². The zero-order valence-corrected chi connectivity index (χ0v) is 7.36. The molecule has 2 aliphatic rings. The molecule has 0 saturated heterocycles. The lowest BCUT2D eigenvalue weighted by Crippen LogP contribution is -2.15. The van der Waals surface area contributed by atoms with E-state index < -0.39 is 11.9 Å². The molecule has 1 aromatic rings. The summed E-state index contributed by atoms with van der Waals surface area (Å²) in [5, 5.41) is 0. The lowest BCUT2D eigenvalue weighted by Gasteiger charge is -2.09. The van der Waals surface area contributed by atoms with Crippen LogP contribution in [0.15, 0.2) is 24.3 Å². The van der Waals surface area contributed by atoms with E-state index in [-0.39, 0.29) is 12.8 Å². The molecule has 0 saturated carbocycles. The van der Waals surface area contributed by atoms with Crippen LogP contribution in [0.3, 0.4) is 0 Å². The minimum absolute atomic E-state index is 0.0529. The summed E-state index contributed by atoms with van der Waals surface area (Å²) in [5.74, 6) is 0.0987. The van der Waals surface area contributed by atoms with Crippen LogP contribution in [0.5, 0.6) is 11.5 Å². The molecule has 14 heavy (non-hydrogen) atoms. The Morgan fingerprint density at radius 2 is 1.14 bits per heavy atom. The molecule has 0 spiro atoms. The Morgan fingerprint density at radius 1 is 0.786 bits per heavy atom. The Hall–Kier alpha value is -1.84. The highest BCUT2D eigenvalue weighted by molar-refractivity contribution is 5.80. The first kappa shape index (κ1) is 8.74. The smallest absolute Gasteiger partial charge is 0.311 e. The third kappa shape index (κ3) is 1.90. The normalized spacial score (nSPS) is 16.0. The van der Waals surface area contributed by atoms with Gasteiger partial charge >= 0.3 is 11.9 Å². The molecule has 72 valence electrons. The summed E-state index contributed by atoms with van der Waals surface area (Å²) in [6, 6.07) is 6.36. The van der Waals surface area contributed by atoms with Gasteiger partial charge in [-0.25, -0.2) is 0 Å². The Kier molecular flexibility index (Phi) is 2.18. The SMILES string of the molecule is O=C1CCC(=O)Oc2ccc(cc2)O1. The molecular formula is C10H8O4. The molecule has 1 aromatic carbocycles. The van der Waals surface area contributed by atoms with E-state index in [0.717, 1.165) is 0 Å². The number of ether oxygens (including phenoxy) is 2. The molecule has 2 heterocycles. The molecule has 0 amide bonds. The molecular weight excluding hydrogens is 184 g/mol. The summed E-state index contributed by atoms with van der Waals surface area (Å²) in [7, 11) is 0. The number of hydrogen-bond donors (Lipinski definition) is 0. The molecule has 0 atom stereocenters. The largest absolute Gasteiger partial charge is 0.427 e. The van der Waals surface area contributed by atoms with Gasteiger partial charge < -0.3 is 9.47 Å². The lowest BCUT2D eigenvalue weighted by atomic mass is 10.3. The second kappa shape index (κ2) is 3.49. The van der Waals surface area contributed by atoms with Crippen LogP contribution in [0.1, 0.15) is 12.8 Å². The van der Waals surface area contributed by atoms with Crippen molar-refractivity contribution in [3.05, 3.63) is 24.3 Å². The molecule has 0 radical (unpaired) electrons. The van der Waals surface area contributed by atoms with E-state index >= 15 is 0 Å². The van der Waals surface area contributed by atoms with E-state index in [2.05, 4.69) is 0 Å². The van der Waals surface area contributed by atoms with E-state index in [1.165, 1.54) is 0 Å². The summed E-state index contributed by atoms with van der Waals surface area (Å²) in [4.78, 5) is 22.2. The van der Waals surface area contributed by atoms with Crippen LogP contribution < -0.4 is 9.47 Å². The fourth-order valence-corrected chi connectivity index (χ4v) is 1.14. The zero-order chi connectivity index (χ0) is 9.97. The molecule has 0 aliphatic carbocycles. The van der Waals surface area contributed by atoms with Gasteiger partial charge in [0.1, 0.15) is 11.5 Å². The number of carbonyl (C=O) groups is 2. The van der Waals surface area contributed by atoms with Crippen molar-refractivity contribution in [3.8, 4) is 11.5 Å². The maximum atomic E-state index is 11.1. The first-order chi connectivity index (χ1) is 6.74. The number of hydrogen-bond acceptors (Lipinski definition) is 4. The van der Waals surface area contributed by atoms with E-state index in [4.69, 9.17) is 9.47 Å². The monoisotopic (exact) mass is 192 g/mol. The van der Waals surface area contributed by atoms with Crippen LogP contribution in [0.2, 0.25) is 0 Å². The van der Waals surface area contributed by atoms with E-state index in [1.807, 2.05) is 0 Å². The lowest BCUT2D eigenvalue weighted by molar-refractivity contribution is -0.140. The number of benzene rings is 1. The molecule has 0 N–H and O–H groups in total. The van der Waals surface area contributed by atoms with Crippen LogP contribution in [-0.2, 0) is 9.59 Å². The van der Waals surface area contributed by atoms with Crippen LogP contribution in [0.25, 0.3) is 0 Å². The molecule has 0 fully saturated rings. The summed E-state index contributed by atoms with van der Waals surface area (Å²) in [6.07, 6.45) is 0.106. The first-order valence-electron chi connectivity index (χ1n) is 4.25. The summed E-state index contributed by atoms with van der Waals surface area (Å²) in [5.41, 5.74) is 0. The van der Waals surface area contributed by atoms with Crippen LogP contribution in [-0.4, -0.2) is 11.9 Å². The minimum Gasteiger partial charge on any atom is -0.427 e. The number of carbonyl (C=O) groups excluding carboxylic acids is 2. The van der Waals surface area contributed by atoms with Gasteiger partial charge in [-0.2, -0.15) is 0 Å². The van der Waals surface area contributed by atoms with E-state index in [9.17, 15) is 9.59 Å². The quantitative estimate of drug-likeness (QED) is 0.459. The van der Waals surface area contributed by atoms with E-state index in [1.54, 1.807) is 24.3 Å². The molecule has 2 aliphatic heterocycles. The maximum absolute atomic E-state index is 11.1. The summed E-state index contributed by atoms with van der Waals surface area (Å²) < 4.78 is 9.89. The molecule has 3 rings (SSSR count). The van der Waals surface area contributed by atoms with Gasteiger partial charge in [-0.3, -0.25) is 9.59 Å². The van der Waals surface area contributed by atoms with Crippen molar-refractivity contribution >= 4 is 11.9 Å². The van der Waals surface area contributed by atoms with Crippen molar-refractivity contribution in [1.82, 2.24) is 0 Å². The van der Waals surface area contributed by atoms with Gasteiger partial charge in [-0.15, -0.1) is 0 Å². The Morgan fingerprint density at radius 3 is 1.50 bits per heavy atom. The highest BCUT2D eigenvalue weighted by Gasteiger charge is 2.13. The Bertz CT molecular complexity index is 329.